The van der Waals surface area contributed by atoms with Gasteiger partial charge in [-0.1, -0.05) is 18.2 Å². The normalized spacial score (nSPS) is 11.0. The van der Waals surface area contributed by atoms with E-state index in [-0.39, 0.29) is 53.1 Å². The molecule has 0 aliphatic rings. The topological polar surface area (TPSA) is 124 Å². The molecule has 0 atom stereocenters. The molecule has 5 rings (SSSR count). The van der Waals surface area contributed by atoms with Crippen LogP contribution in [-0.4, -0.2) is 49.5 Å². The number of carboxylic acids is 1. The monoisotopic (exact) mass is 532 g/mol. The van der Waals surface area contributed by atoms with Crippen molar-refractivity contribution in [1.82, 2.24) is 24.7 Å². The van der Waals surface area contributed by atoms with Crippen molar-refractivity contribution in [3.05, 3.63) is 83.8 Å². The lowest BCUT2D eigenvalue weighted by atomic mass is 10.1. The molecule has 0 unspecified atom stereocenters. The molecular formula is C27H22F2N6O4. The van der Waals surface area contributed by atoms with E-state index in [1.807, 2.05) is 0 Å². The van der Waals surface area contributed by atoms with Gasteiger partial charge in [0.05, 0.1) is 37.7 Å². The number of aromatic carboxylic acids is 1. The van der Waals surface area contributed by atoms with Crippen LogP contribution >= 0.6 is 0 Å². The number of benzene rings is 2. The van der Waals surface area contributed by atoms with Crippen LogP contribution in [0.3, 0.4) is 0 Å². The minimum absolute atomic E-state index is 0.0612. The third-order valence-electron chi connectivity index (χ3n) is 5.88. The van der Waals surface area contributed by atoms with Crippen LogP contribution in [0.2, 0.25) is 0 Å². The number of pyridine rings is 1. The highest BCUT2D eigenvalue weighted by Crippen LogP contribution is 2.32. The lowest BCUT2D eigenvalue weighted by Crippen LogP contribution is -2.08. The van der Waals surface area contributed by atoms with Crippen molar-refractivity contribution in [2.75, 3.05) is 19.0 Å². The van der Waals surface area contributed by atoms with Crippen LogP contribution in [0.5, 0.6) is 11.5 Å². The van der Waals surface area contributed by atoms with Gasteiger partial charge >= 0.3 is 5.97 Å². The summed E-state index contributed by atoms with van der Waals surface area (Å²) in [6.07, 6.45) is 4.08. The van der Waals surface area contributed by atoms with Gasteiger partial charge in [0, 0.05) is 35.5 Å². The van der Waals surface area contributed by atoms with Gasteiger partial charge in [-0.25, -0.2) is 23.5 Å². The Morgan fingerprint density at radius 3 is 2.62 bits per heavy atom. The third kappa shape index (κ3) is 5.04. The molecule has 0 saturated heterocycles. The molecule has 0 spiro atoms. The molecule has 2 N–H and O–H groups in total. The van der Waals surface area contributed by atoms with E-state index in [1.165, 1.54) is 36.4 Å². The maximum atomic E-state index is 14.8. The van der Waals surface area contributed by atoms with Crippen LogP contribution in [-0.2, 0) is 6.54 Å². The molecule has 3 aromatic heterocycles. The van der Waals surface area contributed by atoms with E-state index in [9.17, 15) is 18.7 Å². The van der Waals surface area contributed by atoms with E-state index in [4.69, 9.17) is 9.47 Å². The number of ether oxygens (including phenoxy) is 2. The second kappa shape index (κ2) is 10.7. The first-order chi connectivity index (χ1) is 18.9. The Morgan fingerprint density at radius 1 is 1.13 bits per heavy atom. The Balaban J connectivity index is 1.57. The van der Waals surface area contributed by atoms with Crippen molar-refractivity contribution >= 4 is 28.4 Å². The highest BCUT2D eigenvalue weighted by Gasteiger charge is 2.20. The molecule has 39 heavy (non-hydrogen) atoms. The van der Waals surface area contributed by atoms with Crippen LogP contribution < -0.4 is 14.8 Å². The Kier molecular flexibility index (Phi) is 7.00. The molecule has 0 aliphatic heterocycles. The summed E-state index contributed by atoms with van der Waals surface area (Å²) in [5.41, 5.74) is 0.980. The molecule has 0 aliphatic carbocycles. The second-order valence-electron chi connectivity index (χ2n) is 8.28. The predicted molar refractivity (Wildman–Crippen MR) is 138 cm³/mol. The molecular weight excluding hydrogens is 510 g/mol. The first-order valence-electron chi connectivity index (χ1n) is 11.8. The number of hydrogen-bond donors (Lipinski definition) is 2. The molecule has 5 aromatic rings. The van der Waals surface area contributed by atoms with Gasteiger partial charge in [-0.3, -0.25) is 9.67 Å². The molecule has 12 heteroatoms. The standard InChI is InChI=1S/C27H22F2N6O4/c1-3-39-15-10-19(28)18(20(29)11-15)14-35-22-7-5-4-6-16(22)24(34-35)26-31-13-23(38-2)25(33-26)32-21-8-9-30-12-17(21)27(36)37/h4-13H,3,14H2,1-2H3,(H,36,37)(H,30,31,32,33). The van der Waals surface area contributed by atoms with E-state index in [0.29, 0.717) is 16.6 Å². The van der Waals surface area contributed by atoms with Crippen LogP contribution in [0, 0.1) is 11.6 Å². The van der Waals surface area contributed by atoms with Gasteiger partial charge in [0.1, 0.15) is 28.6 Å². The molecule has 0 amide bonds. The number of anilines is 2. The molecule has 3 heterocycles. The quantitative estimate of drug-likeness (QED) is 0.268. The summed E-state index contributed by atoms with van der Waals surface area (Å²) < 4.78 is 41.7. The zero-order chi connectivity index (χ0) is 27.5. The summed E-state index contributed by atoms with van der Waals surface area (Å²) in [4.78, 5) is 24.4. The maximum Gasteiger partial charge on any atom is 0.339 e. The number of fused-ring (bicyclic) bond motifs is 1. The third-order valence-corrected chi connectivity index (χ3v) is 5.88. The summed E-state index contributed by atoms with van der Waals surface area (Å²) in [5, 5.41) is 17.7. The summed E-state index contributed by atoms with van der Waals surface area (Å²) in [6.45, 7) is 1.82. The number of carboxylic acid groups (broad SMARTS) is 1. The number of nitrogens with one attached hydrogen (secondary N) is 1. The van der Waals surface area contributed by atoms with Crippen LogP contribution in [0.25, 0.3) is 22.4 Å². The first-order valence-corrected chi connectivity index (χ1v) is 11.8. The Bertz CT molecular complexity index is 1670. The lowest BCUT2D eigenvalue weighted by Gasteiger charge is -2.12. The number of hydrogen-bond acceptors (Lipinski definition) is 8. The Labute approximate surface area is 220 Å². The zero-order valence-corrected chi connectivity index (χ0v) is 20.9. The fourth-order valence-corrected chi connectivity index (χ4v) is 4.07. The van der Waals surface area contributed by atoms with Crippen LogP contribution in [0.1, 0.15) is 22.8 Å². The van der Waals surface area contributed by atoms with Gasteiger partial charge in [0.2, 0.25) is 0 Å². The SMILES string of the molecule is CCOc1cc(F)c(Cn2nc(-c3ncc(OC)c(Nc4ccncc4C(=O)O)n3)c3ccccc32)c(F)c1. The van der Waals surface area contributed by atoms with Gasteiger partial charge in [0.25, 0.3) is 0 Å². The van der Waals surface area contributed by atoms with Crippen molar-refractivity contribution in [1.29, 1.82) is 0 Å². The summed E-state index contributed by atoms with van der Waals surface area (Å²) in [5.74, 6) is -1.93. The highest BCUT2D eigenvalue weighted by atomic mass is 19.1. The molecule has 0 bridgehead atoms. The van der Waals surface area contributed by atoms with Crippen LogP contribution in [0.15, 0.2) is 61.1 Å². The number of para-hydroxylation sites is 1. The number of aromatic nitrogens is 5. The van der Waals surface area contributed by atoms with E-state index >= 15 is 0 Å². The van der Waals surface area contributed by atoms with E-state index in [0.717, 1.165) is 12.1 Å². The highest BCUT2D eigenvalue weighted by molar-refractivity contribution is 5.95. The maximum absolute atomic E-state index is 14.8. The lowest BCUT2D eigenvalue weighted by molar-refractivity contribution is 0.0697. The smallest absolute Gasteiger partial charge is 0.339 e. The van der Waals surface area contributed by atoms with E-state index < -0.39 is 17.6 Å². The van der Waals surface area contributed by atoms with Crippen molar-refractivity contribution in [2.45, 2.75) is 13.5 Å². The van der Waals surface area contributed by atoms with E-state index in [2.05, 4.69) is 25.4 Å². The Morgan fingerprint density at radius 2 is 1.90 bits per heavy atom. The fourth-order valence-electron chi connectivity index (χ4n) is 4.07. The number of carbonyl (C=O) groups is 1. The molecule has 2 aromatic carbocycles. The fraction of sp³-hybridized carbons (Fsp3) is 0.148. The number of nitrogens with zero attached hydrogens (tertiary/aromatic N) is 5. The molecule has 0 fully saturated rings. The molecule has 198 valence electrons. The van der Waals surface area contributed by atoms with Crippen molar-refractivity contribution < 1.29 is 28.2 Å². The first kappa shape index (κ1) is 25.5. The average molecular weight is 533 g/mol. The Hall–Kier alpha value is -5.13. The average Bonchev–Trinajstić information content (AvgIpc) is 3.29. The van der Waals surface area contributed by atoms with Crippen molar-refractivity contribution in [3.8, 4) is 23.0 Å². The predicted octanol–water partition coefficient (Wildman–Crippen LogP) is 5.06. The van der Waals surface area contributed by atoms with E-state index in [1.54, 1.807) is 31.2 Å². The van der Waals surface area contributed by atoms with Crippen molar-refractivity contribution in [2.24, 2.45) is 0 Å². The van der Waals surface area contributed by atoms with Crippen molar-refractivity contribution in [3.63, 3.8) is 0 Å². The summed E-state index contributed by atoms with van der Waals surface area (Å²) in [6, 6.07) is 10.9. The van der Waals surface area contributed by atoms with Gasteiger partial charge in [0.15, 0.2) is 17.4 Å². The minimum atomic E-state index is -1.17. The summed E-state index contributed by atoms with van der Waals surface area (Å²) >= 11 is 0. The summed E-state index contributed by atoms with van der Waals surface area (Å²) in [7, 11) is 1.43. The minimum Gasteiger partial charge on any atom is -0.494 e. The number of halogens is 2. The second-order valence-corrected chi connectivity index (χ2v) is 8.28. The van der Waals surface area contributed by atoms with Gasteiger partial charge in [-0.2, -0.15) is 5.10 Å². The molecule has 10 nitrogen and oxygen atoms in total. The largest absolute Gasteiger partial charge is 0.494 e. The molecule has 0 radical (unpaired) electrons. The number of methoxy groups -OCH3 is 1. The molecule has 0 saturated carbocycles. The van der Waals surface area contributed by atoms with Gasteiger partial charge in [-0.05, 0) is 19.1 Å². The van der Waals surface area contributed by atoms with Crippen LogP contribution in [0.4, 0.5) is 20.3 Å². The number of rotatable bonds is 9. The zero-order valence-electron chi connectivity index (χ0n) is 20.9. The van der Waals surface area contributed by atoms with Gasteiger partial charge < -0.3 is 19.9 Å². The van der Waals surface area contributed by atoms with Gasteiger partial charge in [-0.15, -0.1) is 0 Å².